The average molecular weight is 392 g/mol. The van der Waals surface area contributed by atoms with Gasteiger partial charge in [-0.25, -0.2) is 0 Å². The van der Waals surface area contributed by atoms with Gasteiger partial charge in [-0.15, -0.1) is 0 Å². The zero-order chi connectivity index (χ0) is 20.2. The molecule has 2 aliphatic heterocycles. The number of amides is 2. The van der Waals surface area contributed by atoms with Gasteiger partial charge in [0.2, 0.25) is 5.91 Å². The second kappa shape index (κ2) is 8.78. The summed E-state index contributed by atoms with van der Waals surface area (Å²) in [5, 5.41) is 5.91. The fourth-order valence-corrected chi connectivity index (χ4v) is 4.78. The first-order valence-corrected chi connectivity index (χ1v) is 10.5. The van der Waals surface area contributed by atoms with E-state index in [0.717, 1.165) is 31.6 Å². The number of hydrogen-bond acceptors (Lipinski definition) is 3. The number of piperidine rings is 2. The number of rotatable bonds is 7. The van der Waals surface area contributed by atoms with E-state index in [4.69, 9.17) is 0 Å². The molecule has 2 aromatic carbocycles. The van der Waals surface area contributed by atoms with Crippen LogP contribution in [0.2, 0.25) is 0 Å². The molecular formula is C24H29N3O2. The minimum Gasteiger partial charge on any atom is -0.352 e. The number of carbonyl (C=O) groups excluding carboxylic acids is 2. The third-order valence-corrected chi connectivity index (χ3v) is 6.15. The number of nitrogens with zero attached hydrogens (tertiary/aromatic N) is 1. The molecule has 0 aromatic heterocycles. The molecule has 0 radical (unpaired) electrons. The van der Waals surface area contributed by atoms with E-state index < -0.39 is 0 Å². The van der Waals surface area contributed by atoms with Gasteiger partial charge in [-0.2, -0.15) is 0 Å². The van der Waals surface area contributed by atoms with E-state index in [1.807, 2.05) is 31.2 Å². The van der Waals surface area contributed by atoms with Crippen LogP contribution < -0.4 is 10.6 Å². The van der Waals surface area contributed by atoms with Gasteiger partial charge in [0, 0.05) is 44.2 Å². The van der Waals surface area contributed by atoms with E-state index in [1.165, 1.54) is 5.56 Å². The molecule has 29 heavy (non-hydrogen) atoms. The van der Waals surface area contributed by atoms with Gasteiger partial charge in [0.05, 0.1) is 0 Å². The number of carbonyl (C=O) groups is 2. The van der Waals surface area contributed by atoms with Crippen molar-refractivity contribution in [2.24, 2.45) is 17.8 Å². The van der Waals surface area contributed by atoms with Gasteiger partial charge in [0.1, 0.15) is 0 Å². The SMILES string of the molecule is CCNC(=O)c1cccc(CNC(=O)C2[C@H]3C[C@H]2CN(Cc2ccccc2)C3)c1. The Bertz CT molecular complexity index is 855. The van der Waals surface area contributed by atoms with Gasteiger partial charge < -0.3 is 10.6 Å². The fourth-order valence-electron chi connectivity index (χ4n) is 4.78. The Hall–Kier alpha value is -2.66. The molecule has 0 spiro atoms. The Balaban J connectivity index is 1.28. The van der Waals surface area contributed by atoms with E-state index >= 15 is 0 Å². The number of nitrogens with one attached hydrogen (secondary N) is 2. The Morgan fingerprint density at radius 1 is 0.966 bits per heavy atom. The van der Waals surface area contributed by atoms with Crippen LogP contribution in [0.3, 0.4) is 0 Å². The van der Waals surface area contributed by atoms with Crippen LogP contribution in [0.25, 0.3) is 0 Å². The Morgan fingerprint density at radius 2 is 1.69 bits per heavy atom. The van der Waals surface area contributed by atoms with Crippen molar-refractivity contribution in [3.05, 3.63) is 71.3 Å². The number of hydrogen-bond donors (Lipinski definition) is 2. The van der Waals surface area contributed by atoms with Crippen molar-refractivity contribution in [2.75, 3.05) is 19.6 Å². The molecule has 5 rings (SSSR count). The second-order valence-electron chi connectivity index (χ2n) is 8.24. The molecule has 2 heterocycles. The topological polar surface area (TPSA) is 61.4 Å². The molecule has 2 aromatic rings. The quantitative estimate of drug-likeness (QED) is 0.763. The minimum atomic E-state index is -0.0762. The van der Waals surface area contributed by atoms with E-state index in [2.05, 4.69) is 39.8 Å². The predicted molar refractivity (Wildman–Crippen MR) is 113 cm³/mol. The van der Waals surface area contributed by atoms with Crippen molar-refractivity contribution >= 4 is 11.8 Å². The fraction of sp³-hybridized carbons (Fsp3) is 0.417. The molecule has 1 aliphatic carbocycles. The smallest absolute Gasteiger partial charge is 0.251 e. The zero-order valence-electron chi connectivity index (χ0n) is 16.9. The molecule has 5 heteroatoms. The molecule has 5 nitrogen and oxygen atoms in total. The summed E-state index contributed by atoms with van der Waals surface area (Å²) in [6.45, 7) is 5.93. The zero-order valence-corrected chi connectivity index (χ0v) is 16.9. The Kier molecular flexibility index (Phi) is 5.95. The van der Waals surface area contributed by atoms with Crippen LogP contribution in [0.1, 0.15) is 34.8 Å². The highest BCUT2D eigenvalue weighted by Gasteiger charge is 2.49. The second-order valence-corrected chi connectivity index (χ2v) is 8.24. The lowest BCUT2D eigenvalue weighted by Crippen LogP contribution is -2.59. The first-order chi connectivity index (χ1) is 14.1. The molecule has 2 atom stereocenters. The number of fused-ring (bicyclic) bond motifs is 2. The normalized spacial score (nSPS) is 23.1. The summed E-state index contributed by atoms with van der Waals surface area (Å²) < 4.78 is 0. The summed E-state index contributed by atoms with van der Waals surface area (Å²) in [5.74, 6) is 1.13. The van der Waals surface area contributed by atoms with Gasteiger partial charge in [-0.1, -0.05) is 42.5 Å². The molecule has 2 N–H and O–H groups in total. The summed E-state index contributed by atoms with van der Waals surface area (Å²) in [6, 6.07) is 18.0. The minimum absolute atomic E-state index is 0.0762. The van der Waals surface area contributed by atoms with Crippen LogP contribution in [0, 0.1) is 17.8 Å². The summed E-state index contributed by atoms with van der Waals surface area (Å²) in [5.41, 5.74) is 2.93. The maximum atomic E-state index is 12.8. The van der Waals surface area contributed by atoms with Crippen molar-refractivity contribution in [3.8, 4) is 0 Å². The van der Waals surface area contributed by atoms with Crippen LogP contribution in [-0.4, -0.2) is 36.3 Å². The van der Waals surface area contributed by atoms with Crippen molar-refractivity contribution in [1.82, 2.24) is 15.5 Å². The molecule has 152 valence electrons. The molecule has 2 saturated heterocycles. The average Bonchev–Trinajstić information content (AvgIpc) is 2.73. The standard InChI is InChI=1S/C24H29N3O2/c1-2-25-23(28)19-10-6-9-18(11-19)13-26-24(29)22-20-12-21(22)16-27(15-20)14-17-7-4-3-5-8-17/h3-11,20-22H,2,12-16H2,1H3,(H,25,28)(H,26,29)/t20-,21-/m0/s1. The monoisotopic (exact) mass is 391 g/mol. The first kappa shape index (κ1) is 19.6. The largest absolute Gasteiger partial charge is 0.352 e. The molecule has 1 saturated carbocycles. The van der Waals surface area contributed by atoms with E-state index in [1.54, 1.807) is 6.07 Å². The number of benzene rings is 2. The highest BCUT2D eigenvalue weighted by atomic mass is 16.2. The van der Waals surface area contributed by atoms with Gasteiger partial charge in [0.25, 0.3) is 5.91 Å². The maximum absolute atomic E-state index is 12.8. The molecule has 0 unspecified atom stereocenters. The van der Waals surface area contributed by atoms with Crippen molar-refractivity contribution in [3.63, 3.8) is 0 Å². The third kappa shape index (κ3) is 4.51. The van der Waals surface area contributed by atoms with E-state index in [0.29, 0.717) is 30.5 Å². The van der Waals surface area contributed by atoms with Crippen molar-refractivity contribution in [2.45, 2.75) is 26.4 Å². The van der Waals surface area contributed by atoms with Crippen LogP contribution in [-0.2, 0) is 17.9 Å². The van der Waals surface area contributed by atoms with E-state index in [-0.39, 0.29) is 17.7 Å². The summed E-state index contributed by atoms with van der Waals surface area (Å²) in [7, 11) is 0. The lowest BCUT2D eigenvalue weighted by Gasteiger charge is -2.52. The highest BCUT2D eigenvalue weighted by molar-refractivity contribution is 5.94. The van der Waals surface area contributed by atoms with Gasteiger partial charge in [-0.3, -0.25) is 14.5 Å². The van der Waals surface area contributed by atoms with E-state index in [9.17, 15) is 9.59 Å². The third-order valence-electron chi connectivity index (χ3n) is 6.15. The van der Waals surface area contributed by atoms with Crippen molar-refractivity contribution in [1.29, 1.82) is 0 Å². The lowest BCUT2D eigenvalue weighted by molar-refractivity contribution is -0.142. The predicted octanol–water partition coefficient (Wildman–Crippen LogP) is 2.82. The molecule has 3 aliphatic rings. The van der Waals surface area contributed by atoms with Crippen LogP contribution in [0.4, 0.5) is 0 Å². The maximum Gasteiger partial charge on any atom is 0.251 e. The van der Waals surface area contributed by atoms with Crippen LogP contribution in [0.5, 0.6) is 0 Å². The Labute approximate surface area is 172 Å². The van der Waals surface area contributed by atoms with Crippen LogP contribution in [0.15, 0.2) is 54.6 Å². The molecular weight excluding hydrogens is 362 g/mol. The summed E-state index contributed by atoms with van der Waals surface area (Å²) in [4.78, 5) is 27.3. The molecule has 2 bridgehead atoms. The highest BCUT2D eigenvalue weighted by Crippen LogP contribution is 2.45. The van der Waals surface area contributed by atoms with Gasteiger partial charge in [-0.05, 0) is 48.4 Å². The van der Waals surface area contributed by atoms with Gasteiger partial charge >= 0.3 is 0 Å². The summed E-state index contributed by atoms with van der Waals surface area (Å²) in [6.07, 6.45) is 1.16. The Morgan fingerprint density at radius 3 is 2.41 bits per heavy atom. The molecule has 2 amide bonds. The lowest BCUT2D eigenvalue weighted by atomic mass is 9.61. The van der Waals surface area contributed by atoms with Crippen LogP contribution >= 0.6 is 0 Å². The first-order valence-electron chi connectivity index (χ1n) is 10.5. The van der Waals surface area contributed by atoms with Crippen molar-refractivity contribution < 1.29 is 9.59 Å². The summed E-state index contributed by atoms with van der Waals surface area (Å²) >= 11 is 0. The molecule has 3 fully saturated rings. The van der Waals surface area contributed by atoms with Gasteiger partial charge in [0.15, 0.2) is 0 Å².